The third-order valence-electron chi connectivity index (χ3n) is 4.52. The summed E-state index contributed by atoms with van der Waals surface area (Å²) in [6.07, 6.45) is 3.82. The fraction of sp³-hybridized carbons (Fsp3) is 0.217. The van der Waals surface area contributed by atoms with E-state index < -0.39 is 5.97 Å². The van der Waals surface area contributed by atoms with Crippen molar-refractivity contribution in [3.63, 3.8) is 0 Å². The van der Waals surface area contributed by atoms with Gasteiger partial charge in [-0.05, 0) is 30.7 Å². The minimum atomic E-state index is -0.435. The van der Waals surface area contributed by atoms with Crippen LogP contribution >= 0.6 is 11.3 Å². The molecule has 0 bridgehead atoms. The van der Waals surface area contributed by atoms with Crippen LogP contribution in [0.25, 0.3) is 22.4 Å². The second-order valence-corrected chi connectivity index (χ2v) is 7.88. The molecule has 0 fully saturated rings. The van der Waals surface area contributed by atoms with Crippen molar-refractivity contribution in [3.05, 3.63) is 69.0 Å². The summed E-state index contributed by atoms with van der Waals surface area (Å²) in [5.74, 6) is 0.987. The van der Waals surface area contributed by atoms with Gasteiger partial charge in [-0.15, -0.1) is 5.10 Å². The molecule has 0 saturated heterocycles. The Bertz CT molecular complexity index is 1340. The predicted octanol–water partition coefficient (Wildman–Crippen LogP) is 3.47. The van der Waals surface area contributed by atoms with Crippen molar-refractivity contribution in [2.24, 2.45) is 0 Å². The molecule has 0 aliphatic heterocycles. The van der Waals surface area contributed by atoms with Crippen molar-refractivity contribution in [2.45, 2.75) is 26.7 Å². The molecule has 0 spiro atoms. The molecule has 2 aromatic heterocycles. The van der Waals surface area contributed by atoms with Crippen molar-refractivity contribution in [2.75, 3.05) is 6.61 Å². The van der Waals surface area contributed by atoms with Crippen LogP contribution in [-0.2, 0) is 4.79 Å². The van der Waals surface area contributed by atoms with Crippen LogP contribution in [0.15, 0.2) is 53.3 Å². The average Bonchev–Trinajstić information content (AvgIpc) is 3.29. The molecule has 0 N–H and O–H groups in total. The smallest absolute Gasteiger partial charge is 0.308 e. The highest BCUT2D eigenvalue weighted by molar-refractivity contribution is 7.15. The summed E-state index contributed by atoms with van der Waals surface area (Å²) >= 11 is 1.25. The minimum Gasteiger partial charge on any atom is -0.493 e. The van der Waals surface area contributed by atoms with E-state index in [1.807, 2.05) is 24.3 Å². The highest BCUT2D eigenvalue weighted by Crippen LogP contribution is 2.28. The van der Waals surface area contributed by atoms with E-state index in [1.165, 1.54) is 22.8 Å². The van der Waals surface area contributed by atoms with Gasteiger partial charge in [0.15, 0.2) is 5.82 Å². The lowest BCUT2D eigenvalue weighted by molar-refractivity contribution is -0.131. The molecule has 4 aromatic rings. The number of unbranched alkanes of at least 4 members (excludes halogenated alkanes) is 1. The maximum Gasteiger partial charge on any atom is 0.308 e. The Kier molecular flexibility index (Phi) is 6.08. The van der Waals surface area contributed by atoms with Crippen LogP contribution in [0.1, 0.15) is 32.3 Å². The van der Waals surface area contributed by atoms with Crippen LogP contribution in [0.2, 0.25) is 0 Å². The van der Waals surface area contributed by atoms with Gasteiger partial charge in [-0.25, -0.2) is 0 Å². The Morgan fingerprint density at radius 3 is 2.61 bits per heavy atom. The van der Waals surface area contributed by atoms with Gasteiger partial charge < -0.3 is 9.47 Å². The molecule has 0 unspecified atom stereocenters. The van der Waals surface area contributed by atoms with Gasteiger partial charge in [0, 0.05) is 12.5 Å². The first-order chi connectivity index (χ1) is 15.1. The first-order valence-electron chi connectivity index (χ1n) is 9.97. The molecule has 0 radical (unpaired) electrons. The van der Waals surface area contributed by atoms with Gasteiger partial charge in [0.05, 0.1) is 16.7 Å². The topological polar surface area (TPSA) is 82.8 Å². The first kappa shape index (κ1) is 20.7. The van der Waals surface area contributed by atoms with Crippen LogP contribution in [0.5, 0.6) is 11.5 Å². The fourth-order valence-corrected chi connectivity index (χ4v) is 3.94. The highest BCUT2D eigenvalue weighted by Gasteiger charge is 2.16. The third-order valence-corrected chi connectivity index (χ3v) is 5.48. The molecule has 7 nitrogen and oxygen atoms in total. The monoisotopic (exact) mass is 435 g/mol. The number of nitrogens with zero attached hydrogens (tertiary/aromatic N) is 3. The lowest BCUT2D eigenvalue weighted by Crippen LogP contribution is -2.23. The Morgan fingerprint density at radius 1 is 1.13 bits per heavy atom. The molecule has 0 aliphatic carbocycles. The molecule has 0 saturated carbocycles. The van der Waals surface area contributed by atoms with Gasteiger partial charge in [0.1, 0.15) is 11.5 Å². The second-order valence-electron chi connectivity index (χ2n) is 6.88. The normalized spacial score (nSPS) is 11.7. The lowest BCUT2D eigenvalue weighted by Gasteiger charge is -2.07. The summed E-state index contributed by atoms with van der Waals surface area (Å²) in [6.45, 7) is 4.07. The van der Waals surface area contributed by atoms with Crippen LogP contribution in [0, 0.1) is 0 Å². The van der Waals surface area contributed by atoms with Gasteiger partial charge in [-0.2, -0.15) is 9.50 Å². The molecule has 0 atom stereocenters. The summed E-state index contributed by atoms with van der Waals surface area (Å²) in [7, 11) is 0. The van der Waals surface area contributed by atoms with E-state index in [9.17, 15) is 9.59 Å². The van der Waals surface area contributed by atoms with E-state index in [-0.39, 0.29) is 5.56 Å². The zero-order chi connectivity index (χ0) is 21.8. The summed E-state index contributed by atoms with van der Waals surface area (Å²) in [4.78, 5) is 29.2. The van der Waals surface area contributed by atoms with Crippen molar-refractivity contribution in [3.8, 4) is 22.9 Å². The standard InChI is InChI=1S/C23H21N3O4S/c1-3-4-13-29-18-11-7-5-9-16(18)14-20-22(28)26-23(31-20)24-21(25-26)17-10-6-8-12-19(17)30-15(2)27/h5-12,14H,3-4,13H2,1-2H3/b20-14+. The first-order valence-corrected chi connectivity index (χ1v) is 10.8. The van der Waals surface area contributed by atoms with Crippen molar-refractivity contribution in [1.82, 2.24) is 14.6 Å². The molecular formula is C23H21N3O4S. The third kappa shape index (κ3) is 4.49. The van der Waals surface area contributed by atoms with E-state index in [1.54, 1.807) is 30.3 Å². The van der Waals surface area contributed by atoms with Gasteiger partial charge in [0.2, 0.25) is 4.96 Å². The van der Waals surface area contributed by atoms with Gasteiger partial charge in [0.25, 0.3) is 5.56 Å². The highest BCUT2D eigenvalue weighted by atomic mass is 32.1. The molecule has 158 valence electrons. The second kappa shape index (κ2) is 9.09. The Hall–Kier alpha value is -3.52. The fourth-order valence-electron chi connectivity index (χ4n) is 3.04. The maximum atomic E-state index is 12.9. The predicted molar refractivity (Wildman–Crippen MR) is 120 cm³/mol. The summed E-state index contributed by atoms with van der Waals surface area (Å²) in [5, 5.41) is 4.36. The number of thiazole rings is 1. The average molecular weight is 436 g/mol. The molecule has 4 rings (SSSR count). The molecule has 0 amide bonds. The number of carbonyl (C=O) groups excluding carboxylic acids is 1. The lowest BCUT2D eigenvalue weighted by atomic mass is 10.2. The Balaban J connectivity index is 1.72. The quantitative estimate of drug-likeness (QED) is 0.251. The number of benzene rings is 2. The van der Waals surface area contributed by atoms with Gasteiger partial charge in [-0.3, -0.25) is 9.59 Å². The van der Waals surface area contributed by atoms with E-state index in [0.717, 1.165) is 24.2 Å². The Morgan fingerprint density at radius 2 is 1.87 bits per heavy atom. The largest absolute Gasteiger partial charge is 0.493 e. The number of para-hydroxylation sites is 2. The van der Waals surface area contributed by atoms with E-state index in [0.29, 0.717) is 33.2 Å². The number of carbonyl (C=O) groups is 1. The summed E-state index contributed by atoms with van der Waals surface area (Å²) < 4.78 is 12.9. The van der Waals surface area contributed by atoms with Gasteiger partial charge >= 0.3 is 5.97 Å². The number of hydrogen-bond donors (Lipinski definition) is 0. The van der Waals surface area contributed by atoms with E-state index >= 15 is 0 Å². The van der Waals surface area contributed by atoms with Crippen LogP contribution in [0.4, 0.5) is 0 Å². The maximum absolute atomic E-state index is 12.9. The van der Waals surface area contributed by atoms with Crippen molar-refractivity contribution < 1.29 is 14.3 Å². The SMILES string of the molecule is CCCCOc1ccccc1/C=c1/sc2nc(-c3ccccc3OC(C)=O)nn2c1=O. The number of aromatic nitrogens is 3. The number of hydrogen-bond acceptors (Lipinski definition) is 7. The molecular weight excluding hydrogens is 414 g/mol. The minimum absolute atomic E-state index is 0.257. The molecule has 2 aromatic carbocycles. The number of fused-ring (bicyclic) bond motifs is 1. The number of rotatable bonds is 7. The van der Waals surface area contributed by atoms with Gasteiger partial charge in [-0.1, -0.05) is 55.0 Å². The van der Waals surface area contributed by atoms with Crippen LogP contribution in [0.3, 0.4) is 0 Å². The molecule has 0 aliphatic rings. The molecule has 31 heavy (non-hydrogen) atoms. The number of esters is 1. The van der Waals surface area contributed by atoms with Crippen LogP contribution < -0.4 is 19.6 Å². The van der Waals surface area contributed by atoms with E-state index in [2.05, 4.69) is 17.0 Å². The Labute approximate surface area is 182 Å². The zero-order valence-corrected chi connectivity index (χ0v) is 18.0. The summed E-state index contributed by atoms with van der Waals surface area (Å²) in [5.41, 5.74) is 1.13. The number of ether oxygens (including phenoxy) is 2. The summed E-state index contributed by atoms with van der Waals surface area (Å²) in [6, 6.07) is 14.6. The molecule has 2 heterocycles. The van der Waals surface area contributed by atoms with E-state index in [4.69, 9.17) is 9.47 Å². The van der Waals surface area contributed by atoms with Crippen molar-refractivity contribution >= 4 is 28.3 Å². The van der Waals surface area contributed by atoms with Crippen molar-refractivity contribution in [1.29, 1.82) is 0 Å². The molecule has 8 heteroatoms. The van der Waals surface area contributed by atoms with Crippen LogP contribution in [-0.4, -0.2) is 27.2 Å². The zero-order valence-electron chi connectivity index (χ0n) is 17.2.